The van der Waals surface area contributed by atoms with E-state index in [1.54, 1.807) is 6.07 Å². The van der Waals surface area contributed by atoms with Gasteiger partial charge in [0.2, 0.25) is 10.7 Å². The van der Waals surface area contributed by atoms with Crippen LogP contribution in [0.2, 0.25) is 5.02 Å². The van der Waals surface area contributed by atoms with Crippen molar-refractivity contribution in [3.8, 4) is 0 Å². The van der Waals surface area contributed by atoms with Crippen molar-refractivity contribution in [1.82, 2.24) is 14.9 Å². The highest BCUT2D eigenvalue weighted by Crippen LogP contribution is 2.29. The lowest BCUT2D eigenvalue weighted by Gasteiger charge is -2.10. The molecule has 0 spiro atoms. The summed E-state index contributed by atoms with van der Waals surface area (Å²) in [7, 11) is 0. The number of hydrogen-bond donors (Lipinski definition) is 2. The Morgan fingerprint density at radius 3 is 2.79 bits per heavy atom. The summed E-state index contributed by atoms with van der Waals surface area (Å²) in [5, 5.41) is 7.49. The molecular formula is C20H17ClN4O2S. The summed E-state index contributed by atoms with van der Waals surface area (Å²) < 4.78 is 1.64. The van der Waals surface area contributed by atoms with Crippen LogP contribution >= 0.6 is 23.8 Å². The van der Waals surface area contributed by atoms with E-state index in [0.717, 1.165) is 16.5 Å². The second-order valence-electron chi connectivity index (χ2n) is 6.54. The molecule has 0 unspecified atom stereocenters. The molecule has 3 aromatic rings. The maximum Gasteiger partial charge on any atom is 0.257 e. The van der Waals surface area contributed by atoms with Crippen molar-refractivity contribution in [2.24, 2.45) is 0 Å². The van der Waals surface area contributed by atoms with E-state index in [0.29, 0.717) is 23.8 Å². The molecule has 0 radical (unpaired) electrons. The minimum atomic E-state index is -0.514. The third kappa shape index (κ3) is 3.50. The first-order chi connectivity index (χ1) is 13.5. The summed E-state index contributed by atoms with van der Waals surface area (Å²) in [5.74, 6) is 0.316. The summed E-state index contributed by atoms with van der Waals surface area (Å²) in [5.41, 5.74) is 1.58. The number of fused-ring (bicyclic) bond motifs is 3. The van der Waals surface area contributed by atoms with Crippen molar-refractivity contribution >= 4 is 52.4 Å². The fourth-order valence-corrected chi connectivity index (χ4v) is 3.75. The van der Waals surface area contributed by atoms with Gasteiger partial charge in [0.05, 0.1) is 5.52 Å². The number of hydrogen-bond acceptors (Lipinski definition) is 5. The van der Waals surface area contributed by atoms with Gasteiger partial charge in [-0.2, -0.15) is 0 Å². The number of rotatable bonds is 5. The van der Waals surface area contributed by atoms with E-state index in [-0.39, 0.29) is 23.0 Å². The predicted octanol–water partition coefficient (Wildman–Crippen LogP) is 3.95. The highest BCUT2D eigenvalue weighted by Gasteiger charge is 2.31. The van der Waals surface area contributed by atoms with E-state index < -0.39 is 6.04 Å². The first kappa shape index (κ1) is 18.6. The molecule has 28 heavy (non-hydrogen) atoms. The Morgan fingerprint density at radius 2 is 1.96 bits per heavy atom. The van der Waals surface area contributed by atoms with Gasteiger partial charge in [-0.1, -0.05) is 41.9 Å². The quantitative estimate of drug-likeness (QED) is 0.620. The third-order valence-electron chi connectivity index (χ3n) is 4.71. The van der Waals surface area contributed by atoms with Crippen LogP contribution in [0.5, 0.6) is 0 Å². The van der Waals surface area contributed by atoms with Gasteiger partial charge in [-0.25, -0.2) is 9.55 Å². The molecule has 2 heterocycles. The number of nitrogens with zero attached hydrogens (tertiary/aromatic N) is 2. The number of nitrogens with one attached hydrogen (secondary N) is 2. The van der Waals surface area contributed by atoms with Crippen molar-refractivity contribution in [3.05, 3.63) is 63.9 Å². The van der Waals surface area contributed by atoms with Gasteiger partial charge in [0.1, 0.15) is 11.9 Å². The summed E-state index contributed by atoms with van der Waals surface area (Å²) >= 11 is 11.4. The fraction of sp³-hybridized carbons (Fsp3) is 0.200. The first-order valence-electron chi connectivity index (χ1n) is 8.87. The summed E-state index contributed by atoms with van der Waals surface area (Å²) in [6.45, 7) is 0.352. The van der Waals surface area contributed by atoms with Crippen molar-refractivity contribution in [2.45, 2.75) is 25.4 Å². The molecule has 0 saturated carbocycles. The predicted molar refractivity (Wildman–Crippen MR) is 111 cm³/mol. The van der Waals surface area contributed by atoms with Crippen LogP contribution in [0, 0.1) is 4.77 Å². The lowest BCUT2D eigenvalue weighted by molar-refractivity contribution is -0.121. The van der Waals surface area contributed by atoms with E-state index in [4.69, 9.17) is 23.8 Å². The Labute approximate surface area is 171 Å². The minimum Gasteiger partial charge on any atom is -0.359 e. The molecule has 2 aromatic carbocycles. The molecular weight excluding hydrogens is 396 g/mol. The maximum atomic E-state index is 12.7. The van der Waals surface area contributed by atoms with Crippen molar-refractivity contribution in [1.29, 1.82) is 0 Å². The Bertz CT molecular complexity index is 1140. The summed E-state index contributed by atoms with van der Waals surface area (Å²) in [4.78, 5) is 29.3. The van der Waals surface area contributed by atoms with E-state index in [1.807, 2.05) is 42.5 Å². The number of carbonyl (C=O) groups is 2. The number of amides is 1. The van der Waals surface area contributed by atoms with Gasteiger partial charge in [-0.15, -0.1) is 0 Å². The number of aromatic nitrogens is 2. The van der Waals surface area contributed by atoms with Crippen LogP contribution in [0.25, 0.3) is 10.9 Å². The standard InChI is InChI=1S/C20H17ClN4O2S/c21-14-7-3-1-5-12(14)11-22-17(26)10-9-16-19(27)25-18(23-16)13-6-2-4-8-15(13)24-20(25)28/h1-8,16,23H,9-11H2,(H,22,26)/t16-/m0/s1. The molecule has 4 rings (SSSR count). The van der Waals surface area contributed by atoms with Crippen molar-refractivity contribution in [2.75, 3.05) is 5.32 Å². The molecule has 1 atom stereocenters. The zero-order chi connectivity index (χ0) is 19.7. The minimum absolute atomic E-state index is 0.142. The molecule has 1 aliphatic heterocycles. The summed E-state index contributed by atoms with van der Waals surface area (Å²) in [6, 6.07) is 14.3. The lowest BCUT2D eigenvalue weighted by atomic mass is 10.1. The molecule has 6 nitrogen and oxygen atoms in total. The molecule has 142 valence electrons. The molecule has 0 fully saturated rings. The molecule has 0 bridgehead atoms. The smallest absolute Gasteiger partial charge is 0.257 e. The largest absolute Gasteiger partial charge is 0.359 e. The normalized spacial score (nSPS) is 15.3. The second-order valence-corrected chi connectivity index (χ2v) is 7.31. The van der Waals surface area contributed by atoms with Gasteiger partial charge in [-0.05, 0) is 42.4 Å². The van der Waals surface area contributed by atoms with Crippen molar-refractivity contribution in [3.63, 3.8) is 0 Å². The number of halogens is 1. The van der Waals surface area contributed by atoms with Crippen LogP contribution in [0.15, 0.2) is 48.5 Å². The average molecular weight is 413 g/mol. The molecule has 8 heteroatoms. The van der Waals surface area contributed by atoms with Crippen LogP contribution in [0.3, 0.4) is 0 Å². The van der Waals surface area contributed by atoms with Gasteiger partial charge in [0.15, 0.2) is 0 Å². The Hall–Kier alpha value is -2.77. The molecule has 0 aliphatic carbocycles. The summed E-state index contributed by atoms with van der Waals surface area (Å²) in [6.07, 6.45) is 0.568. The maximum absolute atomic E-state index is 12.7. The zero-order valence-corrected chi connectivity index (χ0v) is 16.4. The van der Waals surface area contributed by atoms with E-state index in [2.05, 4.69) is 15.6 Å². The van der Waals surface area contributed by atoms with E-state index in [1.165, 1.54) is 4.57 Å². The van der Waals surface area contributed by atoms with Gasteiger partial charge in [0, 0.05) is 23.4 Å². The molecule has 1 aromatic heterocycles. The monoisotopic (exact) mass is 412 g/mol. The first-order valence-corrected chi connectivity index (χ1v) is 9.66. The number of carbonyl (C=O) groups excluding carboxylic acids is 2. The van der Waals surface area contributed by atoms with Crippen LogP contribution in [-0.2, 0) is 11.3 Å². The SMILES string of the molecule is O=C(CC[C@@H]1Nc2c3ccccc3nc(=S)n2C1=O)NCc1ccccc1Cl. The van der Waals surface area contributed by atoms with Gasteiger partial charge >= 0.3 is 0 Å². The lowest BCUT2D eigenvalue weighted by Crippen LogP contribution is -2.29. The van der Waals surface area contributed by atoms with Crippen LogP contribution in [0.1, 0.15) is 23.2 Å². The Kier molecular flexibility index (Phi) is 5.11. The van der Waals surface area contributed by atoms with Gasteiger partial charge in [0.25, 0.3) is 5.91 Å². The van der Waals surface area contributed by atoms with Crippen LogP contribution < -0.4 is 10.6 Å². The molecule has 2 N–H and O–H groups in total. The van der Waals surface area contributed by atoms with E-state index >= 15 is 0 Å². The Morgan fingerprint density at radius 1 is 1.21 bits per heavy atom. The van der Waals surface area contributed by atoms with Gasteiger partial charge in [-0.3, -0.25) is 9.59 Å². The Balaban J connectivity index is 1.42. The average Bonchev–Trinajstić information content (AvgIpc) is 3.03. The zero-order valence-electron chi connectivity index (χ0n) is 14.8. The molecule has 1 amide bonds. The van der Waals surface area contributed by atoms with E-state index in [9.17, 15) is 9.59 Å². The number of anilines is 1. The highest BCUT2D eigenvalue weighted by atomic mass is 35.5. The van der Waals surface area contributed by atoms with Crippen LogP contribution in [-0.4, -0.2) is 27.4 Å². The van der Waals surface area contributed by atoms with Crippen molar-refractivity contribution < 1.29 is 9.59 Å². The molecule has 0 saturated heterocycles. The van der Waals surface area contributed by atoms with Gasteiger partial charge < -0.3 is 10.6 Å². The topological polar surface area (TPSA) is 76.0 Å². The number of para-hydroxylation sites is 1. The fourth-order valence-electron chi connectivity index (χ4n) is 3.26. The van der Waals surface area contributed by atoms with Crippen LogP contribution in [0.4, 0.5) is 5.82 Å². The number of benzene rings is 2. The highest BCUT2D eigenvalue weighted by molar-refractivity contribution is 7.71. The second kappa shape index (κ2) is 7.69. The third-order valence-corrected chi connectivity index (χ3v) is 5.36. The molecule has 1 aliphatic rings.